The number of hydrogen-bond acceptors (Lipinski definition) is 5. The van der Waals surface area contributed by atoms with Crippen molar-refractivity contribution in [2.24, 2.45) is 0 Å². The summed E-state index contributed by atoms with van der Waals surface area (Å²) in [6.45, 7) is 2.67. The van der Waals surface area contributed by atoms with Crippen molar-refractivity contribution in [1.29, 1.82) is 0 Å². The molecule has 156 valence electrons. The van der Waals surface area contributed by atoms with Gasteiger partial charge in [-0.05, 0) is 62.6 Å². The smallest absolute Gasteiger partial charge is 0.209 e. The standard InChI is InChI=1S/C21H32N2O4S/c1-28(24,25)22-19-6-4-12-23-13-14-26-21-7-3-2-5-18(21)16-8-10-17(11-9-16)27-15-20(19)23/h2-3,5,7,16-17,19-20,22H,4,6,8-15H2,1H3/t16?,17?,19-,20?/m0/s1/i8D/t8?,16?,17?,19-,20?. The molecule has 1 saturated carbocycles. The fraction of sp³-hybridized carbons (Fsp3) is 0.714. The number of piperidine rings is 1. The number of nitrogens with one attached hydrogen (secondary N) is 1. The van der Waals surface area contributed by atoms with Gasteiger partial charge in [0.05, 0.1) is 19.0 Å². The molecular weight excluding hydrogens is 376 g/mol. The molecule has 3 heterocycles. The Balaban J connectivity index is 1.58. The maximum Gasteiger partial charge on any atom is 0.209 e. The average Bonchev–Trinajstić information content (AvgIpc) is 2.68. The molecule has 5 atom stereocenters. The zero-order valence-corrected chi connectivity index (χ0v) is 17.4. The van der Waals surface area contributed by atoms with E-state index in [1.807, 2.05) is 18.2 Å². The molecule has 1 aliphatic carbocycles. The van der Waals surface area contributed by atoms with Crippen LogP contribution in [0.2, 0.25) is 0 Å². The second kappa shape index (κ2) is 8.69. The number of ether oxygens (including phenoxy) is 2. The fourth-order valence-electron chi connectivity index (χ4n) is 4.82. The minimum atomic E-state index is -3.28. The largest absolute Gasteiger partial charge is 0.492 e. The normalized spacial score (nSPS) is 35.3. The van der Waals surface area contributed by atoms with E-state index in [-0.39, 0.29) is 30.5 Å². The summed E-state index contributed by atoms with van der Waals surface area (Å²) in [6.07, 6.45) is 5.37. The molecule has 4 aliphatic rings. The van der Waals surface area contributed by atoms with E-state index in [0.29, 0.717) is 19.6 Å². The maximum absolute atomic E-state index is 11.9. The van der Waals surface area contributed by atoms with Crippen LogP contribution in [0.15, 0.2) is 24.3 Å². The summed E-state index contributed by atoms with van der Waals surface area (Å²) in [5.41, 5.74) is 1.14. The van der Waals surface area contributed by atoms with E-state index in [4.69, 9.17) is 10.8 Å². The summed E-state index contributed by atoms with van der Waals surface area (Å²) in [5, 5.41) is 0. The average molecular weight is 410 g/mol. The lowest BCUT2D eigenvalue weighted by molar-refractivity contribution is -0.0284. The highest BCUT2D eigenvalue weighted by atomic mass is 32.2. The molecule has 1 N–H and O–H groups in total. The van der Waals surface area contributed by atoms with Crippen LogP contribution in [0.3, 0.4) is 0 Å². The summed E-state index contributed by atoms with van der Waals surface area (Å²) in [4.78, 5) is 2.30. The molecule has 1 aromatic rings. The van der Waals surface area contributed by atoms with Crippen molar-refractivity contribution in [3.8, 4) is 5.75 Å². The van der Waals surface area contributed by atoms with Crippen LogP contribution in [-0.2, 0) is 14.8 Å². The summed E-state index contributed by atoms with van der Waals surface area (Å²) in [5.74, 6) is 1.06. The van der Waals surface area contributed by atoms with Gasteiger partial charge in [0.1, 0.15) is 12.4 Å². The molecule has 0 spiro atoms. The molecule has 0 radical (unpaired) electrons. The van der Waals surface area contributed by atoms with E-state index < -0.39 is 10.0 Å². The van der Waals surface area contributed by atoms with Crippen molar-refractivity contribution in [3.05, 3.63) is 29.8 Å². The molecule has 2 bridgehead atoms. The Labute approximate surface area is 170 Å². The van der Waals surface area contributed by atoms with Crippen LogP contribution in [-0.4, -0.2) is 64.1 Å². The monoisotopic (exact) mass is 409 g/mol. The molecule has 1 aromatic carbocycles. The number of para-hydroxylation sites is 1. The van der Waals surface area contributed by atoms with Gasteiger partial charge in [-0.2, -0.15) is 0 Å². The molecule has 0 aromatic heterocycles. The van der Waals surface area contributed by atoms with Crippen molar-refractivity contribution in [2.75, 3.05) is 32.6 Å². The van der Waals surface area contributed by atoms with Crippen molar-refractivity contribution in [2.45, 2.75) is 62.6 Å². The van der Waals surface area contributed by atoms with Gasteiger partial charge in [0, 0.05) is 20.0 Å². The lowest BCUT2D eigenvalue weighted by atomic mass is 9.82. The van der Waals surface area contributed by atoms with Crippen molar-refractivity contribution in [3.63, 3.8) is 0 Å². The van der Waals surface area contributed by atoms with Gasteiger partial charge in [-0.3, -0.25) is 4.90 Å². The van der Waals surface area contributed by atoms with Crippen molar-refractivity contribution in [1.82, 2.24) is 9.62 Å². The molecule has 3 aliphatic heterocycles. The van der Waals surface area contributed by atoms with Gasteiger partial charge in [0.15, 0.2) is 0 Å². The highest BCUT2D eigenvalue weighted by Gasteiger charge is 2.35. The highest BCUT2D eigenvalue weighted by molar-refractivity contribution is 7.88. The molecule has 6 nitrogen and oxygen atoms in total. The summed E-state index contributed by atoms with van der Waals surface area (Å²) >= 11 is 0. The second-order valence-corrected chi connectivity index (χ2v) is 10.0. The summed E-state index contributed by atoms with van der Waals surface area (Å²) in [6, 6.07) is 7.95. The maximum atomic E-state index is 11.9. The Hall–Kier alpha value is -1.15. The third-order valence-electron chi connectivity index (χ3n) is 6.20. The molecule has 5 rings (SSSR count). The van der Waals surface area contributed by atoms with Gasteiger partial charge in [0.2, 0.25) is 10.0 Å². The van der Waals surface area contributed by atoms with Crippen LogP contribution in [0.5, 0.6) is 5.75 Å². The first-order valence-electron chi connectivity index (χ1n) is 11.0. The molecular formula is C21H32N2O4S. The Kier molecular flexibility index (Phi) is 5.85. The zero-order chi connectivity index (χ0) is 20.4. The first-order chi connectivity index (χ1) is 13.9. The van der Waals surface area contributed by atoms with Gasteiger partial charge in [-0.15, -0.1) is 0 Å². The van der Waals surface area contributed by atoms with Gasteiger partial charge < -0.3 is 9.47 Å². The minimum absolute atomic E-state index is 0.0139. The SMILES string of the molecule is [2H]C1CC2CCC1c1ccccc1OCCN1CCC[C@H](NS(C)(=O)=O)C1CO2. The summed E-state index contributed by atoms with van der Waals surface area (Å²) in [7, 11) is -3.28. The number of benzene rings is 1. The molecule has 0 amide bonds. The van der Waals surface area contributed by atoms with E-state index in [0.717, 1.165) is 50.1 Å². The van der Waals surface area contributed by atoms with E-state index in [1.54, 1.807) is 0 Å². The Morgan fingerprint density at radius 2 is 2.04 bits per heavy atom. The van der Waals surface area contributed by atoms with E-state index >= 15 is 0 Å². The van der Waals surface area contributed by atoms with Crippen molar-refractivity contribution >= 4 is 10.0 Å². The lowest BCUT2D eigenvalue weighted by Crippen LogP contribution is -2.58. The van der Waals surface area contributed by atoms with E-state index in [2.05, 4.69) is 15.7 Å². The Bertz CT molecular complexity index is 806. The van der Waals surface area contributed by atoms with Crippen molar-refractivity contribution < 1.29 is 19.3 Å². The number of fused-ring (bicyclic) bond motifs is 5. The van der Waals surface area contributed by atoms with E-state index in [1.165, 1.54) is 6.26 Å². The third-order valence-corrected chi connectivity index (χ3v) is 6.93. The van der Waals surface area contributed by atoms with Gasteiger partial charge in [0.25, 0.3) is 0 Å². The number of rotatable bonds is 2. The molecule has 7 heteroatoms. The number of nitrogens with zero attached hydrogens (tertiary/aromatic N) is 1. The van der Waals surface area contributed by atoms with Crippen LogP contribution >= 0.6 is 0 Å². The topological polar surface area (TPSA) is 67.9 Å². The first-order valence-corrected chi connectivity index (χ1v) is 12.3. The highest BCUT2D eigenvalue weighted by Crippen LogP contribution is 2.38. The fourth-order valence-corrected chi connectivity index (χ4v) is 5.64. The Morgan fingerprint density at radius 1 is 1.18 bits per heavy atom. The van der Waals surface area contributed by atoms with Crippen LogP contribution in [0, 0.1) is 0 Å². The molecule has 2 fully saturated rings. The minimum Gasteiger partial charge on any atom is -0.492 e. The summed E-state index contributed by atoms with van der Waals surface area (Å²) < 4.78 is 47.7. The second-order valence-electron chi connectivity index (χ2n) is 8.24. The number of hydrogen-bond donors (Lipinski definition) is 1. The van der Waals surface area contributed by atoms with Crippen LogP contribution < -0.4 is 9.46 Å². The Morgan fingerprint density at radius 3 is 2.86 bits per heavy atom. The van der Waals surface area contributed by atoms with E-state index in [9.17, 15) is 8.42 Å². The van der Waals surface area contributed by atoms with Gasteiger partial charge in [-0.25, -0.2) is 13.1 Å². The number of sulfonamides is 1. The molecule has 1 saturated heterocycles. The predicted octanol–water partition coefficient (Wildman–Crippen LogP) is 2.50. The van der Waals surface area contributed by atoms with Gasteiger partial charge in [-0.1, -0.05) is 18.2 Å². The molecule has 4 unspecified atom stereocenters. The van der Waals surface area contributed by atoms with Gasteiger partial charge >= 0.3 is 0 Å². The first kappa shape index (κ1) is 18.9. The molecule has 28 heavy (non-hydrogen) atoms. The zero-order valence-electron chi connectivity index (χ0n) is 17.5. The lowest BCUT2D eigenvalue weighted by Gasteiger charge is -2.41. The third kappa shape index (κ3) is 4.87. The van der Waals surface area contributed by atoms with Crippen LogP contribution in [0.1, 0.15) is 51.4 Å². The quantitative estimate of drug-likeness (QED) is 0.813. The predicted molar refractivity (Wildman–Crippen MR) is 109 cm³/mol. The van der Waals surface area contributed by atoms with Crippen LogP contribution in [0.4, 0.5) is 0 Å². The van der Waals surface area contributed by atoms with Crippen LogP contribution in [0.25, 0.3) is 0 Å².